The number of halogens is 2. The topological polar surface area (TPSA) is 68.0 Å². The number of rotatable bonds is 3. The Morgan fingerprint density at radius 2 is 1.96 bits per heavy atom. The first-order valence-electron chi connectivity index (χ1n) is 7.43. The van der Waals surface area contributed by atoms with Crippen LogP contribution in [0.3, 0.4) is 0 Å². The molecule has 0 spiro atoms. The average Bonchev–Trinajstić information content (AvgIpc) is 2.92. The molecule has 0 aliphatic carbocycles. The summed E-state index contributed by atoms with van der Waals surface area (Å²) in [5, 5.41) is 11.8. The third-order valence-electron chi connectivity index (χ3n) is 4.03. The lowest BCUT2D eigenvalue weighted by molar-refractivity contribution is 0.0699. The van der Waals surface area contributed by atoms with Crippen LogP contribution >= 0.6 is 23.2 Å². The van der Waals surface area contributed by atoms with Crippen LogP contribution in [0.2, 0.25) is 10.2 Å². The molecule has 0 amide bonds. The summed E-state index contributed by atoms with van der Waals surface area (Å²) in [6.45, 7) is 0.496. The molecule has 5 nitrogen and oxygen atoms in total. The Bertz CT molecular complexity index is 1140. The van der Waals surface area contributed by atoms with Gasteiger partial charge in [0.1, 0.15) is 5.15 Å². The first-order chi connectivity index (χ1) is 12.0. The standard InChI is InChI=1S/C18H11Cl2N3O2/c19-12-4-11-3-10(1-2-15(11)21-6-12)8-23-9-14(18(24)25)13-5-17(20)22-7-16(13)23/h1-7,9H,8H2,(H,24,25). The van der Waals surface area contributed by atoms with E-state index in [-0.39, 0.29) is 10.7 Å². The van der Waals surface area contributed by atoms with E-state index < -0.39 is 5.97 Å². The number of pyridine rings is 2. The molecule has 3 heterocycles. The van der Waals surface area contributed by atoms with Crippen LogP contribution in [0.1, 0.15) is 15.9 Å². The summed E-state index contributed by atoms with van der Waals surface area (Å²) in [6.07, 6.45) is 4.80. The van der Waals surface area contributed by atoms with E-state index in [0.717, 1.165) is 16.5 Å². The normalized spacial score (nSPS) is 11.3. The summed E-state index contributed by atoms with van der Waals surface area (Å²) in [7, 11) is 0. The Morgan fingerprint density at radius 1 is 1.12 bits per heavy atom. The number of carboxylic acid groups (broad SMARTS) is 1. The van der Waals surface area contributed by atoms with E-state index >= 15 is 0 Å². The number of aromatic nitrogens is 3. The van der Waals surface area contributed by atoms with Gasteiger partial charge in [-0.1, -0.05) is 29.3 Å². The van der Waals surface area contributed by atoms with Crippen LogP contribution in [0, 0.1) is 0 Å². The smallest absolute Gasteiger partial charge is 0.337 e. The first kappa shape index (κ1) is 15.9. The van der Waals surface area contributed by atoms with Crippen LogP contribution in [0.4, 0.5) is 0 Å². The van der Waals surface area contributed by atoms with E-state index in [1.165, 1.54) is 0 Å². The Hall–Kier alpha value is -2.63. The molecule has 0 saturated carbocycles. The number of hydrogen-bond acceptors (Lipinski definition) is 3. The number of benzene rings is 1. The molecule has 0 aliphatic rings. The largest absolute Gasteiger partial charge is 0.478 e. The van der Waals surface area contributed by atoms with Gasteiger partial charge in [0.2, 0.25) is 0 Å². The summed E-state index contributed by atoms with van der Waals surface area (Å²) >= 11 is 11.9. The molecule has 0 radical (unpaired) electrons. The molecule has 4 rings (SSSR count). The lowest BCUT2D eigenvalue weighted by Crippen LogP contribution is -1.99. The van der Waals surface area contributed by atoms with Crippen LogP contribution in [0.25, 0.3) is 21.8 Å². The molecule has 0 unspecified atom stereocenters. The van der Waals surface area contributed by atoms with Crippen LogP contribution in [0.5, 0.6) is 0 Å². The highest BCUT2D eigenvalue weighted by molar-refractivity contribution is 6.31. The molecular weight excluding hydrogens is 361 g/mol. The molecule has 4 aromatic rings. The highest BCUT2D eigenvalue weighted by Crippen LogP contribution is 2.25. The number of carbonyl (C=O) groups is 1. The molecule has 0 aliphatic heterocycles. The summed E-state index contributed by atoms with van der Waals surface area (Å²) in [5.74, 6) is -1.000. The van der Waals surface area contributed by atoms with Gasteiger partial charge in [0.15, 0.2) is 0 Å². The molecular formula is C18H11Cl2N3O2. The second kappa shape index (κ2) is 6.02. The Morgan fingerprint density at radius 3 is 2.76 bits per heavy atom. The van der Waals surface area contributed by atoms with Crippen LogP contribution in [-0.4, -0.2) is 25.6 Å². The van der Waals surface area contributed by atoms with Gasteiger partial charge in [-0.3, -0.25) is 4.98 Å². The van der Waals surface area contributed by atoms with Crippen molar-refractivity contribution < 1.29 is 9.90 Å². The van der Waals surface area contributed by atoms with Crippen molar-refractivity contribution in [3.8, 4) is 0 Å². The van der Waals surface area contributed by atoms with Gasteiger partial charge < -0.3 is 9.67 Å². The van der Waals surface area contributed by atoms with E-state index in [1.807, 2.05) is 28.8 Å². The van der Waals surface area contributed by atoms with E-state index in [2.05, 4.69) is 9.97 Å². The minimum atomic E-state index is -1.000. The predicted molar refractivity (Wildman–Crippen MR) is 97.6 cm³/mol. The monoisotopic (exact) mass is 371 g/mol. The SMILES string of the molecule is O=C(O)c1cn(Cc2ccc3ncc(Cl)cc3c2)c2cnc(Cl)cc12. The Kier molecular flexibility index (Phi) is 3.82. The number of fused-ring (bicyclic) bond motifs is 2. The van der Waals surface area contributed by atoms with Crippen LogP contribution in [-0.2, 0) is 6.54 Å². The van der Waals surface area contributed by atoms with Gasteiger partial charge >= 0.3 is 5.97 Å². The van der Waals surface area contributed by atoms with Gasteiger partial charge in [-0.2, -0.15) is 0 Å². The highest BCUT2D eigenvalue weighted by atomic mass is 35.5. The van der Waals surface area contributed by atoms with Crippen LogP contribution < -0.4 is 0 Å². The maximum Gasteiger partial charge on any atom is 0.337 e. The highest BCUT2D eigenvalue weighted by Gasteiger charge is 2.15. The van der Waals surface area contributed by atoms with Crippen molar-refractivity contribution in [3.05, 3.63) is 70.2 Å². The molecule has 7 heteroatoms. The predicted octanol–water partition coefficient (Wildman–Crippen LogP) is 4.64. The van der Waals surface area contributed by atoms with Gasteiger partial charge in [0.25, 0.3) is 0 Å². The quantitative estimate of drug-likeness (QED) is 0.532. The zero-order valence-electron chi connectivity index (χ0n) is 12.8. The lowest BCUT2D eigenvalue weighted by Gasteiger charge is -2.07. The number of hydrogen-bond donors (Lipinski definition) is 1. The number of carboxylic acids is 1. The summed E-state index contributed by atoms with van der Waals surface area (Å²) in [6, 6.07) is 9.29. The fraction of sp³-hybridized carbons (Fsp3) is 0.0556. The molecule has 1 aromatic carbocycles. The second-order valence-corrected chi connectivity index (χ2v) is 6.50. The third kappa shape index (κ3) is 2.92. The van der Waals surface area contributed by atoms with Crippen LogP contribution in [0.15, 0.2) is 48.9 Å². The van der Waals surface area contributed by atoms with Gasteiger partial charge in [-0.15, -0.1) is 0 Å². The molecule has 25 heavy (non-hydrogen) atoms. The Balaban J connectivity index is 1.81. The number of aromatic carboxylic acids is 1. The maximum absolute atomic E-state index is 11.5. The van der Waals surface area contributed by atoms with Gasteiger partial charge in [-0.25, -0.2) is 9.78 Å². The molecule has 0 fully saturated rings. The summed E-state index contributed by atoms with van der Waals surface area (Å²) < 4.78 is 1.85. The van der Waals surface area contributed by atoms with E-state index in [0.29, 0.717) is 22.5 Å². The fourth-order valence-electron chi connectivity index (χ4n) is 2.91. The lowest BCUT2D eigenvalue weighted by atomic mass is 10.1. The average molecular weight is 372 g/mol. The maximum atomic E-state index is 11.5. The van der Waals surface area contributed by atoms with Crippen molar-refractivity contribution >= 4 is 51.0 Å². The Labute approximate surface area is 152 Å². The zero-order chi connectivity index (χ0) is 17.6. The minimum absolute atomic E-state index is 0.199. The second-order valence-electron chi connectivity index (χ2n) is 5.68. The summed E-state index contributed by atoms with van der Waals surface area (Å²) in [5.41, 5.74) is 2.77. The van der Waals surface area contributed by atoms with Crippen molar-refractivity contribution in [2.75, 3.05) is 0 Å². The van der Waals surface area contributed by atoms with Crippen molar-refractivity contribution in [2.24, 2.45) is 0 Å². The molecule has 124 valence electrons. The van der Waals surface area contributed by atoms with Crippen molar-refractivity contribution in [1.82, 2.24) is 14.5 Å². The molecule has 0 bridgehead atoms. The van der Waals surface area contributed by atoms with Crippen molar-refractivity contribution in [3.63, 3.8) is 0 Å². The van der Waals surface area contributed by atoms with Gasteiger partial charge in [0, 0.05) is 29.7 Å². The molecule has 0 atom stereocenters. The summed E-state index contributed by atoms with van der Waals surface area (Å²) in [4.78, 5) is 19.8. The number of nitrogens with zero attached hydrogens (tertiary/aromatic N) is 3. The zero-order valence-corrected chi connectivity index (χ0v) is 14.3. The van der Waals surface area contributed by atoms with Crippen molar-refractivity contribution in [1.29, 1.82) is 0 Å². The van der Waals surface area contributed by atoms with Gasteiger partial charge in [0.05, 0.1) is 27.8 Å². The van der Waals surface area contributed by atoms with Crippen molar-refractivity contribution in [2.45, 2.75) is 6.54 Å². The van der Waals surface area contributed by atoms with Gasteiger partial charge in [-0.05, 0) is 29.8 Å². The fourth-order valence-corrected chi connectivity index (χ4v) is 3.24. The molecule has 3 aromatic heterocycles. The van der Waals surface area contributed by atoms with E-state index in [1.54, 1.807) is 24.7 Å². The molecule has 1 N–H and O–H groups in total. The van der Waals surface area contributed by atoms with E-state index in [4.69, 9.17) is 23.2 Å². The minimum Gasteiger partial charge on any atom is -0.478 e. The first-order valence-corrected chi connectivity index (χ1v) is 8.19. The molecule has 0 saturated heterocycles. The third-order valence-corrected chi connectivity index (χ3v) is 4.44. The van der Waals surface area contributed by atoms with E-state index in [9.17, 15) is 9.90 Å².